The van der Waals surface area contributed by atoms with Crippen LogP contribution in [-0.2, 0) is 0 Å². The smallest absolute Gasteiger partial charge is 0.191 e. The molecule has 0 bridgehead atoms. The van der Waals surface area contributed by atoms with Crippen molar-refractivity contribution in [1.29, 1.82) is 0 Å². The van der Waals surface area contributed by atoms with Crippen LogP contribution in [0.1, 0.15) is 13.8 Å². The molecule has 0 atom stereocenters. The van der Waals surface area contributed by atoms with Gasteiger partial charge < -0.3 is 10.3 Å². The van der Waals surface area contributed by atoms with Gasteiger partial charge >= 0.3 is 0 Å². The molecule has 0 aromatic carbocycles. The number of thioether (sulfide) groups is 1. The van der Waals surface area contributed by atoms with Crippen molar-refractivity contribution in [2.24, 2.45) is 0 Å². The number of nitrogens with one attached hydrogen (secondary N) is 2. The van der Waals surface area contributed by atoms with E-state index in [-0.39, 0.29) is 0 Å². The predicted molar refractivity (Wildman–Crippen MR) is 71.4 cm³/mol. The van der Waals surface area contributed by atoms with E-state index in [1.807, 2.05) is 6.26 Å². The summed E-state index contributed by atoms with van der Waals surface area (Å²) in [5, 5.41) is 3.99. The molecule has 2 aromatic rings. The van der Waals surface area contributed by atoms with Crippen molar-refractivity contribution in [1.82, 2.24) is 19.9 Å². The van der Waals surface area contributed by atoms with Gasteiger partial charge in [0.25, 0.3) is 0 Å². The van der Waals surface area contributed by atoms with Gasteiger partial charge in [0.2, 0.25) is 0 Å². The molecule has 0 fully saturated rings. The summed E-state index contributed by atoms with van der Waals surface area (Å²) >= 11 is 1.51. The van der Waals surface area contributed by atoms with E-state index in [4.69, 9.17) is 0 Å². The number of anilines is 1. The van der Waals surface area contributed by atoms with E-state index in [9.17, 15) is 0 Å². The molecule has 2 N–H and O–H groups in total. The lowest BCUT2D eigenvalue weighted by Crippen LogP contribution is -2.03. The number of hydrogen-bond donors (Lipinski definition) is 2. The second-order valence-electron chi connectivity index (χ2n) is 3.82. The summed E-state index contributed by atoms with van der Waals surface area (Å²) in [6, 6.07) is 0. The summed E-state index contributed by atoms with van der Waals surface area (Å²) in [6.45, 7) is 4.89. The van der Waals surface area contributed by atoms with Crippen molar-refractivity contribution in [3.05, 3.63) is 18.0 Å². The maximum Gasteiger partial charge on any atom is 0.191 e. The second kappa shape index (κ2) is 5.18. The highest BCUT2D eigenvalue weighted by Crippen LogP contribution is 2.20. The lowest BCUT2D eigenvalue weighted by Gasteiger charge is -2.05. The van der Waals surface area contributed by atoms with Gasteiger partial charge in [-0.25, -0.2) is 15.0 Å². The van der Waals surface area contributed by atoms with Gasteiger partial charge in [0.1, 0.15) is 5.52 Å². The third-order valence-corrected chi connectivity index (χ3v) is 2.78. The Morgan fingerprint density at radius 2 is 2.29 bits per heavy atom. The van der Waals surface area contributed by atoms with E-state index in [0.29, 0.717) is 5.65 Å². The lowest BCUT2D eigenvalue weighted by atomic mass is 10.3. The lowest BCUT2D eigenvalue weighted by molar-refractivity contribution is 0.992. The zero-order valence-corrected chi connectivity index (χ0v) is 10.9. The van der Waals surface area contributed by atoms with Gasteiger partial charge in [0.15, 0.2) is 16.6 Å². The zero-order chi connectivity index (χ0) is 12.3. The number of fused-ring (bicyclic) bond motifs is 1. The minimum Gasteiger partial charge on any atom is -0.365 e. The maximum atomic E-state index is 4.43. The fraction of sp³-hybridized carbons (Fsp3) is 0.364. The quantitative estimate of drug-likeness (QED) is 0.495. The first-order chi connectivity index (χ1) is 8.20. The van der Waals surface area contributed by atoms with E-state index < -0.39 is 0 Å². The molecule has 0 unspecified atom stereocenters. The summed E-state index contributed by atoms with van der Waals surface area (Å²) in [5.41, 5.74) is 2.83. The molecule has 0 aliphatic rings. The molecule has 90 valence electrons. The highest BCUT2D eigenvalue weighted by Gasteiger charge is 2.08. The first-order valence-electron chi connectivity index (χ1n) is 5.33. The number of imidazole rings is 1. The molecule has 17 heavy (non-hydrogen) atoms. The number of allylic oxidation sites excluding steroid dienone is 1. The fourth-order valence-electron chi connectivity index (χ4n) is 1.38. The third kappa shape index (κ3) is 2.76. The Bertz CT molecular complexity index is 542. The topological polar surface area (TPSA) is 66.5 Å². The van der Waals surface area contributed by atoms with Crippen LogP contribution in [0.2, 0.25) is 0 Å². The molecule has 0 amide bonds. The normalized spacial score (nSPS) is 10.5. The van der Waals surface area contributed by atoms with Crippen LogP contribution in [0, 0.1) is 0 Å². The first kappa shape index (κ1) is 11.9. The van der Waals surface area contributed by atoms with E-state index in [0.717, 1.165) is 23.0 Å². The van der Waals surface area contributed by atoms with Crippen LogP contribution < -0.4 is 5.32 Å². The minimum absolute atomic E-state index is 0.698. The van der Waals surface area contributed by atoms with Crippen molar-refractivity contribution in [2.45, 2.75) is 19.0 Å². The third-order valence-electron chi connectivity index (χ3n) is 2.23. The molecule has 0 aliphatic heterocycles. The van der Waals surface area contributed by atoms with Gasteiger partial charge in [0, 0.05) is 6.54 Å². The van der Waals surface area contributed by atoms with E-state index in [1.165, 1.54) is 17.3 Å². The molecular weight excluding hydrogens is 234 g/mol. The van der Waals surface area contributed by atoms with Crippen LogP contribution in [0.3, 0.4) is 0 Å². The largest absolute Gasteiger partial charge is 0.365 e. The van der Waals surface area contributed by atoms with Gasteiger partial charge in [-0.05, 0) is 20.1 Å². The Labute approximate surface area is 104 Å². The number of H-pyrrole nitrogens is 1. The Kier molecular flexibility index (Phi) is 3.63. The first-order valence-corrected chi connectivity index (χ1v) is 6.55. The number of aromatic nitrogens is 4. The molecule has 2 heterocycles. The maximum absolute atomic E-state index is 4.43. The molecule has 6 heteroatoms. The van der Waals surface area contributed by atoms with Crippen molar-refractivity contribution in [2.75, 3.05) is 18.1 Å². The van der Waals surface area contributed by atoms with Gasteiger partial charge in [0.05, 0.1) is 6.33 Å². The molecule has 5 nitrogen and oxygen atoms in total. The summed E-state index contributed by atoms with van der Waals surface area (Å²) in [7, 11) is 0. The predicted octanol–water partition coefficient (Wildman–Crippen LogP) is 2.45. The summed E-state index contributed by atoms with van der Waals surface area (Å²) < 4.78 is 0. The van der Waals surface area contributed by atoms with Crippen molar-refractivity contribution < 1.29 is 0 Å². The number of nitrogens with zero attached hydrogens (tertiary/aromatic N) is 3. The van der Waals surface area contributed by atoms with E-state index >= 15 is 0 Å². The molecular formula is C11H15N5S. The summed E-state index contributed by atoms with van der Waals surface area (Å²) in [5.74, 6) is 0.800. The van der Waals surface area contributed by atoms with Crippen molar-refractivity contribution in [3.8, 4) is 0 Å². The minimum atomic E-state index is 0.698. The Hall–Kier alpha value is -1.56. The molecule has 0 spiro atoms. The Morgan fingerprint density at radius 3 is 3.00 bits per heavy atom. The molecule has 0 aliphatic carbocycles. The number of rotatable bonds is 4. The molecule has 0 saturated carbocycles. The average Bonchev–Trinajstić information content (AvgIpc) is 2.76. The van der Waals surface area contributed by atoms with Gasteiger partial charge in [-0.2, -0.15) is 0 Å². The van der Waals surface area contributed by atoms with E-state index in [1.54, 1.807) is 6.33 Å². The standard InChI is InChI=1S/C11H15N5S/c1-7(2)4-5-12-9-8-10(14-6-13-8)16-11(15-9)17-3/h4,6H,5H2,1-3H3,(H2,12,13,14,15,16). The highest BCUT2D eigenvalue weighted by molar-refractivity contribution is 7.98. The van der Waals surface area contributed by atoms with E-state index in [2.05, 4.69) is 45.2 Å². The van der Waals surface area contributed by atoms with Crippen LogP contribution in [0.5, 0.6) is 0 Å². The Balaban J connectivity index is 2.30. The van der Waals surface area contributed by atoms with Crippen LogP contribution in [0.4, 0.5) is 5.82 Å². The molecule has 0 saturated heterocycles. The number of hydrogen-bond acceptors (Lipinski definition) is 5. The fourth-order valence-corrected chi connectivity index (χ4v) is 1.74. The van der Waals surface area contributed by atoms with Crippen LogP contribution in [-0.4, -0.2) is 32.7 Å². The van der Waals surface area contributed by atoms with Crippen molar-refractivity contribution >= 4 is 28.7 Å². The van der Waals surface area contributed by atoms with Gasteiger partial charge in [-0.3, -0.25) is 0 Å². The van der Waals surface area contributed by atoms with Crippen molar-refractivity contribution in [3.63, 3.8) is 0 Å². The monoisotopic (exact) mass is 249 g/mol. The van der Waals surface area contributed by atoms with Crippen LogP contribution in [0.15, 0.2) is 23.1 Å². The SMILES string of the molecule is CSc1nc(NCC=C(C)C)c2[nH]cnc2n1. The van der Waals surface area contributed by atoms with Crippen LogP contribution in [0.25, 0.3) is 11.2 Å². The summed E-state index contributed by atoms with van der Waals surface area (Å²) in [4.78, 5) is 15.9. The molecule has 0 radical (unpaired) electrons. The average molecular weight is 249 g/mol. The zero-order valence-electron chi connectivity index (χ0n) is 10.1. The van der Waals surface area contributed by atoms with Gasteiger partial charge in [-0.1, -0.05) is 23.4 Å². The number of aromatic amines is 1. The summed E-state index contributed by atoms with van der Waals surface area (Å²) in [6.07, 6.45) is 5.70. The molecule has 2 aromatic heterocycles. The Morgan fingerprint density at radius 1 is 1.47 bits per heavy atom. The second-order valence-corrected chi connectivity index (χ2v) is 4.60. The van der Waals surface area contributed by atoms with Crippen LogP contribution >= 0.6 is 11.8 Å². The molecule has 2 rings (SSSR count). The van der Waals surface area contributed by atoms with Gasteiger partial charge in [-0.15, -0.1) is 0 Å². The highest BCUT2D eigenvalue weighted by atomic mass is 32.2.